The number of hydrogen-bond acceptors (Lipinski definition) is 6. The average molecular weight is 407 g/mol. The Morgan fingerprint density at radius 1 is 1.18 bits per heavy atom. The highest BCUT2D eigenvalue weighted by Gasteiger charge is 2.36. The minimum atomic E-state index is -3.68. The number of sulfonamides is 1. The monoisotopic (exact) mass is 406 g/mol. The van der Waals surface area contributed by atoms with E-state index in [1.807, 2.05) is 12.1 Å². The molecular formula is C20H26N2O5S. The van der Waals surface area contributed by atoms with Gasteiger partial charge in [-0.15, -0.1) is 0 Å². The molecule has 7 nitrogen and oxygen atoms in total. The first-order chi connectivity index (χ1) is 13.2. The van der Waals surface area contributed by atoms with Gasteiger partial charge in [0.05, 0.1) is 5.92 Å². The number of carbonyl (C=O) groups is 1. The number of carbonyl (C=O) groups excluding carboxylic acids is 1. The van der Waals surface area contributed by atoms with Crippen LogP contribution in [0.5, 0.6) is 5.75 Å². The summed E-state index contributed by atoms with van der Waals surface area (Å²) >= 11 is 0. The van der Waals surface area contributed by atoms with Crippen LogP contribution in [0.15, 0.2) is 33.7 Å². The molecular weight excluding hydrogens is 380 g/mol. The number of esters is 1. The summed E-state index contributed by atoms with van der Waals surface area (Å²) in [5, 5.41) is 3.73. The molecule has 1 aromatic carbocycles. The number of rotatable bonds is 5. The molecule has 0 saturated carbocycles. The van der Waals surface area contributed by atoms with Gasteiger partial charge in [-0.25, -0.2) is 8.42 Å². The fourth-order valence-corrected chi connectivity index (χ4v) is 5.18. The summed E-state index contributed by atoms with van der Waals surface area (Å²) in [6.45, 7) is 7.92. The van der Waals surface area contributed by atoms with E-state index in [4.69, 9.17) is 9.26 Å². The molecule has 1 fully saturated rings. The maximum atomic E-state index is 12.9. The van der Waals surface area contributed by atoms with Crippen LogP contribution in [0.1, 0.15) is 49.6 Å². The van der Waals surface area contributed by atoms with Gasteiger partial charge in [-0.1, -0.05) is 31.1 Å². The third kappa shape index (κ3) is 4.12. The lowest BCUT2D eigenvalue weighted by Gasteiger charge is -2.29. The number of ether oxygens (including phenoxy) is 1. The Kier molecular flexibility index (Phi) is 5.90. The third-order valence-corrected chi connectivity index (χ3v) is 7.26. The first-order valence-corrected chi connectivity index (χ1v) is 10.9. The third-order valence-electron chi connectivity index (χ3n) is 5.12. The highest BCUT2D eigenvalue weighted by Crippen LogP contribution is 2.28. The van der Waals surface area contributed by atoms with Crippen molar-refractivity contribution in [3.05, 3.63) is 41.3 Å². The van der Waals surface area contributed by atoms with Crippen LogP contribution in [0.25, 0.3) is 0 Å². The minimum absolute atomic E-state index is 0.124. The summed E-state index contributed by atoms with van der Waals surface area (Å²) < 4.78 is 37.6. The fourth-order valence-electron chi connectivity index (χ4n) is 3.42. The topological polar surface area (TPSA) is 89.7 Å². The minimum Gasteiger partial charge on any atom is -0.426 e. The van der Waals surface area contributed by atoms with Gasteiger partial charge < -0.3 is 9.26 Å². The maximum absolute atomic E-state index is 12.9. The van der Waals surface area contributed by atoms with Crippen molar-refractivity contribution in [2.24, 2.45) is 5.92 Å². The molecule has 0 atom stereocenters. The molecule has 1 saturated heterocycles. The van der Waals surface area contributed by atoms with Crippen molar-refractivity contribution in [1.82, 2.24) is 9.46 Å². The van der Waals surface area contributed by atoms with E-state index >= 15 is 0 Å². The lowest BCUT2D eigenvalue weighted by molar-refractivity contribution is -0.140. The second-order valence-electron chi connectivity index (χ2n) is 7.48. The number of piperidine rings is 1. The van der Waals surface area contributed by atoms with Gasteiger partial charge in [0.25, 0.3) is 0 Å². The molecule has 3 rings (SSSR count). The number of aryl methyl sites for hydroxylation is 2. The van der Waals surface area contributed by atoms with Crippen molar-refractivity contribution in [2.45, 2.75) is 51.3 Å². The van der Waals surface area contributed by atoms with Crippen LogP contribution in [0.3, 0.4) is 0 Å². The van der Waals surface area contributed by atoms with Crippen molar-refractivity contribution in [3.8, 4) is 5.75 Å². The zero-order valence-corrected chi connectivity index (χ0v) is 17.5. The Morgan fingerprint density at radius 2 is 1.79 bits per heavy atom. The molecule has 0 bridgehead atoms. The van der Waals surface area contributed by atoms with E-state index in [9.17, 15) is 13.2 Å². The Hall–Kier alpha value is -2.19. The van der Waals surface area contributed by atoms with E-state index in [1.165, 1.54) is 9.87 Å². The summed E-state index contributed by atoms with van der Waals surface area (Å²) in [4.78, 5) is 12.6. The zero-order valence-electron chi connectivity index (χ0n) is 16.6. The fraction of sp³-hybridized carbons (Fsp3) is 0.500. The molecule has 0 N–H and O–H groups in total. The molecule has 0 aliphatic carbocycles. The van der Waals surface area contributed by atoms with Crippen molar-refractivity contribution < 1.29 is 22.5 Å². The van der Waals surface area contributed by atoms with E-state index in [1.54, 1.807) is 26.0 Å². The Morgan fingerprint density at radius 3 is 2.29 bits per heavy atom. The van der Waals surface area contributed by atoms with E-state index in [2.05, 4.69) is 19.0 Å². The number of nitrogens with zero attached hydrogens (tertiary/aromatic N) is 2. The Bertz CT molecular complexity index is 920. The molecule has 0 spiro atoms. The van der Waals surface area contributed by atoms with Crippen LogP contribution >= 0.6 is 0 Å². The highest BCUT2D eigenvalue weighted by molar-refractivity contribution is 7.89. The van der Waals surface area contributed by atoms with Gasteiger partial charge in [0.15, 0.2) is 5.76 Å². The molecule has 1 aliphatic rings. The quantitative estimate of drug-likeness (QED) is 0.558. The van der Waals surface area contributed by atoms with E-state index in [0.29, 0.717) is 30.2 Å². The van der Waals surface area contributed by atoms with Crippen LogP contribution in [0, 0.1) is 19.8 Å². The summed E-state index contributed by atoms with van der Waals surface area (Å²) in [5.74, 6) is 0.574. The summed E-state index contributed by atoms with van der Waals surface area (Å²) in [7, 11) is -3.68. The molecule has 2 aromatic rings. The molecule has 0 unspecified atom stereocenters. The largest absolute Gasteiger partial charge is 0.426 e. The van der Waals surface area contributed by atoms with Crippen LogP contribution in [-0.4, -0.2) is 36.9 Å². The molecule has 8 heteroatoms. The smallest absolute Gasteiger partial charge is 0.314 e. The number of benzene rings is 1. The predicted molar refractivity (Wildman–Crippen MR) is 104 cm³/mol. The van der Waals surface area contributed by atoms with Gasteiger partial charge in [0.2, 0.25) is 10.0 Å². The second kappa shape index (κ2) is 8.05. The lowest BCUT2D eigenvalue weighted by atomic mass is 9.98. The Labute approximate surface area is 165 Å². The van der Waals surface area contributed by atoms with Crippen molar-refractivity contribution in [3.63, 3.8) is 0 Å². The van der Waals surface area contributed by atoms with Crippen LogP contribution < -0.4 is 4.74 Å². The first kappa shape index (κ1) is 20.5. The molecule has 1 aliphatic heterocycles. The number of hydrogen-bond donors (Lipinski definition) is 0. The van der Waals surface area contributed by atoms with Gasteiger partial charge in [0, 0.05) is 13.1 Å². The van der Waals surface area contributed by atoms with Gasteiger partial charge in [-0.3, -0.25) is 4.79 Å². The van der Waals surface area contributed by atoms with Gasteiger partial charge in [0.1, 0.15) is 16.3 Å². The van der Waals surface area contributed by atoms with Crippen LogP contribution in [-0.2, 0) is 14.8 Å². The van der Waals surface area contributed by atoms with Gasteiger partial charge in [-0.2, -0.15) is 4.31 Å². The van der Waals surface area contributed by atoms with E-state index in [-0.39, 0.29) is 35.6 Å². The predicted octanol–water partition coefficient (Wildman–Crippen LogP) is 3.42. The number of aromatic nitrogens is 1. The Balaban J connectivity index is 1.61. The maximum Gasteiger partial charge on any atom is 0.314 e. The first-order valence-electron chi connectivity index (χ1n) is 9.45. The van der Waals surface area contributed by atoms with Crippen LogP contribution in [0.4, 0.5) is 0 Å². The standard InChI is InChI=1S/C20H26N2O5S/c1-13(2)16-5-7-18(8-6-16)26-20(23)17-9-11-22(12-10-17)28(24,25)19-14(3)21-27-15(19)4/h5-8,13,17H,9-12H2,1-4H3. The normalized spacial score (nSPS) is 16.5. The zero-order chi connectivity index (χ0) is 20.5. The molecule has 152 valence electrons. The summed E-state index contributed by atoms with van der Waals surface area (Å²) in [6, 6.07) is 7.49. The van der Waals surface area contributed by atoms with Crippen molar-refractivity contribution in [1.29, 1.82) is 0 Å². The molecule has 0 radical (unpaired) electrons. The van der Waals surface area contributed by atoms with Gasteiger partial charge >= 0.3 is 5.97 Å². The molecule has 1 aromatic heterocycles. The summed E-state index contributed by atoms with van der Waals surface area (Å²) in [5.41, 5.74) is 1.53. The van der Waals surface area contributed by atoms with Gasteiger partial charge in [-0.05, 0) is 50.3 Å². The average Bonchev–Trinajstić information content (AvgIpc) is 3.01. The lowest BCUT2D eigenvalue weighted by Crippen LogP contribution is -2.41. The van der Waals surface area contributed by atoms with Crippen molar-refractivity contribution >= 4 is 16.0 Å². The SMILES string of the molecule is Cc1noc(C)c1S(=O)(=O)N1CCC(C(=O)Oc2ccc(C(C)C)cc2)CC1. The van der Waals surface area contributed by atoms with Crippen LogP contribution in [0.2, 0.25) is 0 Å². The molecule has 0 amide bonds. The second-order valence-corrected chi connectivity index (χ2v) is 9.35. The van der Waals surface area contributed by atoms with Crippen molar-refractivity contribution in [2.75, 3.05) is 13.1 Å². The highest BCUT2D eigenvalue weighted by atomic mass is 32.2. The van der Waals surface area contributed by atoms with E-state index < -0.39 is 10.0 Å². The van der Waals surface area contributed by atoms with E-state index in [0.717, 1.165) is 0 Å². The molecule has 2 heterocycles. The summed E-state index contributed by atoms with van der Waals surface area (Å²) in [6.07, 6.45) is 0.844. The molecule has 28 heavy (non-hydrogen) atoms.